The number of ketones is 1. The van der Waals surface area contributed by atoms with Crippen molar-refractivity contribution in [3.05, 3.63) is 41.1 Å². The van der Waals surface area contributed by atoms with E-state index >= 15 is 0 Å². The number of nitrogens with zero attached hydrogens (tertiary/aromatic N) is 2. The van der Waals surface area contributed by atoms with Crippen molar-refractivity contribution in [3.63, 3.8) is 0 Å². The molecular weight excluding hydrogens is 284 g/mol. The molecule has 0 unspecified atom stereocenters. The van der Waals surface area contributed by atoms with Crippen LogP contribution in [0.1, 0.15) is 25.3 Å². The normalized spacial score (nSPS) is 15.5. The standard InChI is InChI=1S/C16H16N2O2S/c1-11-4-2-6-17-15(21-11)9-13(19)8-12-10-20-14-5-3-7-18-16(12)14/h3-5,7,10H,2,6,8-9H2,1H3. The van der Waals surface area contributed by atoms with Gasteiger partial charge in [0.15, 0.2) is 5.58 Å². The van der Waals surface area contributed by atoms with E-state index in [1.807, 2.05) is 12.1 Å². The highest BCUT2D eigenvalue weighted by Gasteiger charge is 2.15. The van der Waals surface area contributed by atoms with Gasteiger partial charge in [-0.1, -0.05) is 17.8 Å². The Morgan fingerprint density at radius 3 is 3.24 bits per heavy atom. The number of Topliss-reactive ketones (excluding diaryl/α,β-unsaturated/α-hetero) is 1. The van der Waals surface area contributed by atoms with Crippen molar-refractivity contribution >= 4 is 33.7 Å². The molecule has 2 aromatic rings. The zero-order chi connectivity index (χ0) is 14.7. The summed E-state index contributed by atoms with van der Waals surface area (Å²) in [6.45, 7) is 2.83. The van der Waals surface area contributed by atoms with Crippen LogP contribution in [-0.2, 0) is 11.2 Å². The number of allylic oxidation sites excluding steroid dienone is 1. The molecule has 0 bridgehead atoms. The van der Waals surface area contributed by atoms with Crippen LogP contribution in [0, 0.1) is 0 Å². The average Bonchev–Trinajstić information content (AvgIpc) is 2.75. The van der Waals surface area contributed by atoms with Gasteiger partial charge in [0.1, 0.15) is 11.3 Å². The molecule has 1 aliphatic heterocycles. The van der Waals surface area contributed by atoms with Crippen molar-refractivity contribution in [2.75, 3.05) is 6.54 Å². The quantitative estimate of drug-likeness (QED) is 0.862. The molecule has 21 heavy (non-hydrogen) atoms. The van der Waals surface area contributed by atoms with Gasteiger partial charge in [-0.2, -0.15) is 0 Å². The minimum Gasteiger partial charge on any atom is -0.462 e. The molecule has 0 aromatic carbocycles. The third kappa shape index (κ3) is 3.42. The van der Waals surface area contributed by atoms with Crippen LogP contribution in [0.5, 0.6) is 0 Å². The van der Waals surface area contributed by atoms with Crippen LogP contribution < -0.4 is 0 Å². The molecule has 2 aromatic heterocycles. The van der Waals surface area contributed by atoms with E-state index in [4.69, 9.17) is 4.42 Å². The van der Waals surface area contributed by atoms with Crippen LogP contribution in [0.2, 0.25) is 0 Å². The molecular formula is C16H16N2O2S. The number of carbonyl (C=O) groups excluding carboxylic acids is 1. The number of pyridine rings is 1. The van der Waals surface area contributed by atoms with Gasteiger partial charge >= 0.3 is 0 Å². The molecule has 1 aliphatic rings. The lowest BCUT2D eigenvalue weighted by Gasteiger charge is -2.03. The molecule has 0 aliphatic carbocycles. The number of thioether (sulfide) groups is 1. The van der Waals surface area contributed by atoms with Gasteiger partial charge in [-0.05, 0) is 30.4 Å². The lowest BCUT2D eigenvalue weighted by molar-refractivity contribution is -0.117. The highest BCUT2D eigenvalue weighted by molar-refractivity contribution is 8.17. The summed E-state index contributed by atoms with van der Waals surface area (Å²) >= 11 is 1.60. The second kappa shape index (κ2) is 6.26. The van der Waals surface area contributed by atoms with Crippen molar-refractivity contribution in [3.8, 4) is 0 Å². The zero-order valence-corrected chi connectivity index (χ0v) is 12.7. The third-order valence-electron chi connectivity index (χ3n) is 3.27. The van der Waals surface area contributed by atoms with E-state index in [1.165, 1.54) is 4.91 Å². The number of rotatable bonds is 4. The summed E-state index contributed by atoms with van der Waals surface area (Å²) in [5, 5.41) is 0.909. The van der Waals surface area contributed by atoms with Crippen molar-refractivity contribution in [1.29, 1.82) is 0 Å². The van der Waals surface area contributed by atoms with Gasteiger partial charge in [0.25, 0.3) is 0 Å². The Morgan fingerprint density at radius 2 is 2.33 bits per heavy atom. The maximum absolute atomic E-state index is 12.3. The SMILES string of the molecule is CC1=CCCN=C(CC(=O)Cc2coc3cccnc23)S1. The van der Waals surface area contributed by atoms with Crippen LogP contribution in [0.4, 0.5) is 0 Å². The Bertz CT molecular complexity index is 731. The molecule has 0 N–H and O–H groups in total. The average molecular weight is 300 g/mol. The predicted octanol–water partition coefficient (Wildman–Crippen LogP) is 3.77. The summed E-state index contributed by atoms with van der Waals surface area (Å²) in [6, 6.07) is 3.68. The minimum atomic E-state index is 0.143. The van der Waals surface area contributed by atoms with Gasteiger partial charge < -0.3 is 4.42 Å². The summed E-state index contributed by atoms with van der Waals surface area (Å²) in [6.07, 6.45) is 7.18. The highest BCUT2D eigenvalue weighted by atomic mass is 32.2. The Balaban J connectivity index is 1.69. The third-order valence-corrected chi connectivity index (χ3v) is 4.26. The first kappa shape index (κ1) is 14.1. The molecule has 0 saturated carbocycles. The number of hydrogen-bond donors (Lipinski definition) is 0. The topological polar surface area (TPSA) is 55.5 Å². The molecule has 3 rings (SSSR count). The fourth-order valence-corrected chi connectivity index (χ4v) is 3.26. The largest absolute Gasteiger partial charge is 0.462 e. The first-order valence-electron chi connectivity index (χ1n) is 6.93. The first-order valence-corrected chi connectivity index (χ1v) is 7.75. The van der Waals surface area contributed by atoms with Gasteiger partial charge in [-0.25, -0.2) is 0 Å². The van der Waals surface area contributed by atoms with Gasteiger partial charge in [0, 0.05) is 24.7 Å². The van der Waals surface area contributed by atoms with E-state index in [0.717, 1.165) is 34.7 Å². The number of furan rings is 1. The molecule has 0 fully saturated rings. The lowest BCUT2D eigenvalue weighted by atomic mass is 10.1. The molecule has 0 spiro atoms. The second-order valence-electron chi connectivity index (χ2n) is 4.98. The Labute approximate surface area is 127 Å². The van der Waals surface area contributed by atoms with E-state index in [2.05, 4.69) is 23.0 Å². The molecule has 0 atom stereocenters. The molecule has 3 heterocycles. The number of aromatic nitrogens is 1. The summed E-state index contributed by atoms with van der Waals surface area (Å²) in [5.74, 6) is 0.143. The van der Waals surface area contributed by atoms with Gasteiger partial charge in [-0.3, -0.25) is 14.8 Å². The second-order valence-corrected chi connectivity index (χ2v) is 6.30. The maximum atomic E-state index is 12.3. The predicted molar refractivity (Wildman–Crippen MR) is 85.6 cm³/mol. The molecule has 4 nitrogen and oxygen atoms in total. The Hall–Kier alpha value is -1.88. The van der Waals surface area contributed by atoms with Gasteiger partial charge in [0.2, 0.25) is 0 Å². The van der Waals surface area contributed by atoms with Crippen molar-refractivity contribution in [2.45, 2.75) is 26.2 Å². The smallest absolute Gasteiger partial charge is 0.152 e. The van der Waals surface area contributed by atoms with Gasteiger partial charge in [-0.15, -0.1) is 0 Å². The summed E-state index contributed by atoms with van der Waals surface area (Å²) in [5.41, 5.74) is 2.35. The number of fused-ring (bicyclic) bond motifs is 1. The minimum absolute atomic E-state index is 0.143. The summed E-state index contributed by atoms with van der Waals surface area (Å²) < 4.78 is 5.42. The molecule has 0 saturated heterocycles. The van der Waals surface area contributed by atoms with E-state index in [-0.39, 0.29) is 5.78 Å². The van der Waals surface area contributed by atoms with E-state index < -0.39 is 0 Å². The number of hydrogen-bond acceptors (Lipinski definition) is 5. The molecule has 5 heteroatoms. The Kier molecular flexibility index (Phi) is 4.20. The fourth-order valence-electron chi connectivity index (χ4n) is 2.30. The number of carbonyl (C=O) groups is 1. The van der Waals surface area contributed by atoms with Crippen LogP contribution in [0.3, 0.4) is 0 Å². The van der Waals surface area contributed by atoms with Crippen molar-refractivity contribution < 1.29 is 9.21 Å². The Morgan fingerprint density at radius 1 is 1.43 bits per heavy atom. The molecule has 108 valence electrons. The van der Waals surface area contributed by atoms with Crippen molar-refractivity contribution in [2.24, 2.45) is 4.99 Å². The van der Waals surface area contributed by atoms with E-state index in [9.17, 15) is 4.79 Å². The van der Waals surface area contributed by atoms with Crippen LogP contribution in [-0.4, -0.2) is 22.4 Å². The highest BCUT2D eigenvalue weighted by Crippen LogP contribution is 2.24. The van der Waals surface area contributed by atoms with Crippen LogP contribution >= 0.6 is 11.8 Å². The maximum Gasteiger partial charge on any atom is 0.152 e. The fraction of sp³-hybridized carbons (Fsp3) is 0.312. The first-order chi connectivity index (χ1) is 10.2. The summed E-state index contributed by atoms with van der Waals surface area (Å²) in [7, 11) is 0. The van der Waals surface area contributed by atoms with E-state index in [0.29, 0.717) is 12.8 Å². The van der Waals surface area contributed by atoms with Gasteiger partial charge in [0.05, 0.1) is 17.7 Å². The zero-order valence-electron chi connectivity index (χ0n) is 11.8. The van der Waals surface area contributed by atoms with Crippen LogP contribution in [0.15, 0.2) is 45.0 Å². The van der Waals surface area contributed by atoms with E-state index in [1.54, 1.807) is 24.2 Å². The van der Waals surface area contributed by atoms with Crippen molar-refractivity contribution in [1.82, 2.24) is 4.98 Å². The monoisotopic (exact) mass is 300 g/mol. The van der Waals surface area contributed by atoms with Crippen LogP contribution in [0.25, 0.3) is 11.1 Å². The molecule has 0 amide bonds. The lowest BCUT2D eigenvalue weighted by Crippen LogP contribution is -2.08. The number of aliphatic imine (C=N–C) groups is 1. The molecule has 0 radical (unpaired) electrons. The summed E-state index contributed by atoms with van der Waals surface area (Å²) in [4.78, 5) is 22.2.